The van der Waals surface area contributed by atoms with E-state index >= 15 is 0 Å². The number of ether oxygens (including phenoxy) is 2. The molecule has 2 aliphatic heterocycles. The van der Waals surface area contributed by atoms with Gasteiger partial charge in [0.05, 0.1) is 26.2 Å². The highest BCUT2D eigenvalue weighted by atomic mass is 19.1. The van der Waals surface area contributed by atoms with Gasteiger partial charge in [-0.05, 0) is 6.92 Å². The van der Waals surface area contributed by atoms with E-state index in [0.29, 0.717) is 32.9 Å². The number of nitrogens with zero attached hydrogens (tertiary/aromatic N) is 2. The monoisotopic (exact) mass is 359 g/mol. The number of hydrogen-bond donors (Lipinski definition) is 1. The Kier molecular flexibility index (Phi) is 6.98. The van der Waals surface area contributed by atoms with Gasteiger partial charge in [0.25, 0.3) is 5.91 Å². The summed E-state index contributed by atoms with van der Waals surface area (Å²) in [6, 6.07) is -0.356. The summed E-state index contributed by atoms with van der Waals surface area (Å²) in [5.74, 6) is -0.876. The molecule has 0 radical (unpaired) electrons. The molecule has 2 fully saturated rings. The largest absolute Gasteiger partial charge is 0.466 e. The Morgan fingerprint density at radius 1 is 1.12 bits per heavy atom. The fourth-order valence-electron chi connectivity index (χ4n) is 2.94. The van der Waals surface area contributed by atoms with Crippen molar-refractivity contribution in [2.75, 3.05) is 52.5 Å². The Hall–Kier alpha value is -1.90. The molecule has 2 heterocycles. The van der Waals surface area contributed by atoms with Gasteiger partial charge in [-0.25, -0.2) is 9.18 Å². The van der Waals surface area contributed by atoms with E-state index in [4.69, 9.17) is 9.47 Å². The number of likely N-dealkylation sites (tertiary alicyclic amines) is 1. The summed E-state index contributed by atoms with van der Waals surface area (Å²) in [4.78, 5) is 38.6. The van der Waals surface area contributed by atoms with E-state index in [1.807, 2.05) is 0 Å². The molecule has 2 saturated heterocycles. The summed E-state index contributed by atoms with van der Waals surface area (Å²) in [6.45, 7) is 4.18. The Balaban J connectivity index is 1.75. The minimum Gasteiger partial charge on any atom is -0.466 e. The van der Waals surface area contributed by atoms with Gasteiger partial charge in [0.2, 0.25) is 0 Å². The van der Waals surface area contributed by atoms with Crippen LogP contribution in [0.4, 0.5) is 9.18 Å². The number of carbonyl (C=O) groups excluding carboxylic acids is 3. The summed E-state index contributed by atoms with van der Waals surface area (Å²) >= 11 is 0. The van der Waals surface area contributed by atoms with E-state index in [-0.39, 0.29) is 50.9 Å². The minimum absolute atomic E-state index is 0.0194. The van der Waals surface area contributed by atoms with E-state index in [2.05, 4.69) is 5.32 Å². The second-order valence-electron chi connectivity index (χ2n) is 6.14. The average molecular weight is 359 g/mol. The first-order valence-corrected chi connectivity index (χ1v) is 8.70. The molecule has 0 saturated carbocycles. The van der Waals surface area contributed by atoms with Gasteiger partial charge in [0.15, 0.2) is 5.67 Å². The van der Waals surface area contributed by atoms with E-state index in [1.165, 1.54) is 9.80 Å². The van der Waals surface area contributed by atoms with Crippen LogP contribution in [0.25, 0.3) is 0 Å². The predicted octanol–water partition coefficient (Wildman–Crippen LogP) is 0.312. The number of rotatable bonds is 5. The molecule has 2 aliphatic rings. The second kappa shape index (κ2) is 8.98. The standard InChI is InChI=1S/C16H26FN3O5/c1-2-25-13(21)3-6-18-15(23)20-7-4-16(17,5-8-20)14(22)19-9-11-24-12-10-19/h2-12H2,1H3,(H,18,23). The highest BCUT2D eigenvalue weighted by Crippen LogP contribution is 2.29. The molecule has 0 unspecified atom stereocenters. The highest BCUT2D eigenvalue weighted by molar-refractivity contribution is 5.86. The lowest BCUT2D eigenvalue weighted by molar-refractivity contribution is -0.151. The number of esters is 1. The average Bonchev–Trinajstić information content (AvgIpc) is 2.62. The maximum atomic E-state index is 15.0. The molecular formula is C16H26FN3O5. The number of urea groups is 1. The van der Waals surface area contributed by atoms with Gasteiger partial charge in [0.1, 0.15) is 0 Å². The fourth-order valence-corrected chi connectivity index (χ4v) is 2.94. The molecular weight excluding hydrogens is 333 g/mol. The molecule has 0 aliphatic carbocycles. The van der Waals surface area contributed by atoms with Crippen LogP contribution in [0.15, 0.2) is 0 Å². The topological polar surface area (TPSA) is 88.2 Å². The molecule has 8 nitrogen and oxygen atoms in total. The molecule has 2 rings (SSSR count). The van der Waals surface area contributed by atoms with Crippen LogP contribution in [0.2, 0.25) is 0 Å². The molecule has 0 aromatic rings. The van der Waals surface area contributed by atoms with Crippen molar-refractivity contribution in [1.82, 2.24) is 15.1 Å². The van der Waals surface area contributed by atoms with Crippen molar-refractivity contribution in [2.45, 2.75) is 31.9 Å². The summed E-state index contributed by atoms with van der Waals surface area (Å²) < 4.78 is 24.9. The van der Waals surface area contributed by atoms with Crippen molar-refractivity contribution >= 4 is 17.9 Å². The number of piperidine rings is 1. The van der Waals surface area contributed by atoms with Gasteiger partial charge in [-0.3, -0.25) is 9.59 Å². The number of amides is 3. The van der Waals surface area contributed by atoms with Crippen LogP contribution in [-0.4, -0.2) is 85.9 Å². The van der Waals surface area contributed by atoms with Crippen molar-refractivity contribution in [3.05, 3.63) is 0 Å². The quantitative estimate of drug-likeness (QED) is 0.714. The van der Waals surface area contributed by atoms with Crippen molar-refractivity contribution < 1.29 is 28.2 Å². The molecule has 0 bridgehead atoms. The fraction of sp³-hybridized carbons (Fsp3) is 0.812. The molecule has 3 amide bonds. The lowest BCUT2D eigenvalue weighted by atomic mass is 9.91. The van der Waals surface area contributed by atoms with Gasteiger partial charge in [-0.2, -0.15) is 0 Å². The zero-order valence-electron chi connectivity index (χ0n) is 14.6. The van der Waals surface area contributed by atoms with Crippen LogP contribution in [0.3, 0.4) is 0 Å². The maximum Gasteiger partial charge on any atom is 0.317 e. The maximum absolute atomic E-state index is 15.0. The SMILES string of the molecule is CCOC(=O)CCNC(=O)N1CCC(F)(C(=O)N2CCOCC2)CC1. The second-order valence-corrected chi connectivity index (χ2v) is 6.14. The number of halogens is 1. The van der Waals surface area contributed by atoms with Gasteiger partial charge < -0.3 is 24.6 Å². The molecule has 9 heteroatoms. The summed E-state index contributed by atoms with van der Waals surface area (Å²) in [6.07, 6.45) is 0.0545. The summed E-state index contributed by atoms with van der Waals surface area (Å²) in [7, 11) is 0. The molecule has 0 aromatic heterocycles. The number of nitrogens with one attached hydrogen (secondary N) is 1. The lowest BCUT2D eigenvalue weighted by Gasteiger charge is -2.39. The first-order chi connectivity index (χ1) is 12.0. The van der Waals surface area contributed by atoms with Crippen LogP contribution >= 0.6 is 0 Å². The first-order valence-electron chi connectivity index (χ1n) is 8.70. The lowest BCUT2D eigenvalue weighted by Crippen LogP contribution is -2.56. The van der Waals surface area contributed by atoms with Crippen LogP contribution in [-0.2, 0) is 19.1 Å². The van der Waals surface area contributed by atoms with E-state index in [1.54, 1.807) is 6.92 Å². The molecule has 1 N–H and O–H groups in total. The zero-order valence-corrected chi connectivity index (χ0v) is 14.6. The Morgan fingerprint density at radius 3 is 2.36 bits per heavy atom. The number of carbonyl (C=O) groups is 3. The minimum atomic E-state index is -1.92. The third kappa shape index (κ3) is 5.29. The van der Waals surface area contributed by atoms with Crippen LogP contribution in [0.1, 0.15) is 26.2 Å². The molecule has 0 spiro atoms. The van der Waals surface area contributed by atoms with Gasteiger partial charge in [-0.15, -0.1) is 0 Å². The van der Waals surface area contributed by atoms with Crippen molar-refractivity contribution in [1.29, 1.82) is 0 Å². The number of hydrogen-bond acceptors (Lipinski definition) is 5. The van der Waals surface area contributed by atoms with Crippen LogP contribution in [0.5, 0.6) is 0 Å². The molecule has 25 heavy (non-hydrogen) atoms. The Labute approximate surface area is 146 Å². The molecule has 0 aromatic carbocycles. The van der Waals surface area contributed by atoms with E-state index < -0.39 is 11.6 Å². The third-order valence-corrected chi connectivity index (χ3v) is 4.44. The Bertz CT molecular complexity index is 488. The van der Waals surface area contributed by atoms with Gasteiger partial charge in [-0.1, -0.05) is 0 Å². The smallest absolute Gasteiger partial charge is 0.317 e. The third-order valence-electron chi connectivity index (χ3n) is 4.44. The predicted molar refractivity (Wildman–Crippen MR) is 86.7 cm³/mol. The first kappa shape index (κ1) is 19.4. The summed E-state index contributed by atoms with van der Waals surface area (Å²) in [5.41, 5.74) is -1.92. The molecule has 142 valence electrons. The highest BCUT2D eigenvalue weighted by Gasteiger charge is 2.45. The van der Waals surface area contributed by atoms with Gasteiger partial charge in [0, 0.05) is 45.6 Å². The number of alkyl halides is 1. The van der Waals surface area contributed by atoms with E-state index in [9.17, 15) is 18.8 Å². The van der Waals surface area contributed by atoms with E-state index in [0.717, 1.165) is 0 Å². The normalized spacial score (nSPS) is 20.1. The zero-order chi connectivity index (χ0) is 18.3. The van der Waals surface area contributed by atoms with Crippen LogP contribution in [0, 0.1) is 0 Å². The van der Waals surface area contributed by atoms with Crippen LogP contribution < -0.4 is 5.32 Å². The van der Waals surface area contributed by atoms with Crippen molar-refractivity contribution in [2.24, 2.45) is 0 Å². The molecule has 0 atom stereocenters. The van der Waals surface area contributed by atoms with Gasteiger partial charge >= 0.3 is 12.0 Å². The Morgan fingerprint density at radius 2 is 1.76 bits per heavy atom. The summed E-state index contributed by atoms with van der Waals surface area (Å²) in [5, 5.41) is 2.61. The number of morpholine rings is 1. The van der Waals surface area contributed by atoms with Crippen molar-refractivity contribution in [3.63, 3.8) is 0 Å². The van der Waals surface area contributed by atoms with Crippen molar-refractivity contribution in [3.8, 4) is 0 Å².